The largest absolute Gasteiger partial charge is 0.476 e. The van der Waals surface area contributed by atoms with Crippen molar-refractivity contribution in [2.24, 2.45) is 13.0 Å². The monoisotopic (exact) mass is 1030 g/mol. The number of amides is 3. The third-order valence-electron chi connectivity index (χ3n) is 16.5. The second-order valence-corrected chi connectivity index (χ2v) is 23.3. The van der Waals surface area contributed by atoms with Gasteiger partial charge in [0.1, 0.15) is 5.82 Å². The Morgan fingerprint density at radius 1 is 0.853 bits per heavy atom. The lowest BCUT2D eigenvalue weighted by molar-refractivity contribution is -0.134. The summed E-state index contributed by atoms with van der Waals surface area (Å²) in [6, 6.07) is 28.5. The lowest BCUT2D eigenvalue weighted by atomic mass is 9.74. The molecule has 3 aromatic heterocycles. The van der Waals surface area contributed by atoms with Crippen LogP contribution in [0.15, 0.2) is 84.9 Å². The minimum Gasteiger partial charge on any atom is -0.476 e. The lowest BCUT2D eigenvalue weighted by Gasteiger charge is -2.37. The molecule has 14 nitrogen and oxygen atoms in total. The number of aryl methyl sites for hydroxylation is 1. The Balaban J connectivity index is 0.731. The number of para-hydroxylation sites is 2. The van der Waals surface area contributed by atoms with Crippen LogP contribution in [0.4, 0.5) is 16.6 Å². The van der Waals surface area contributed by atoms with Crippen LogP contribution >= 0.6 is 11.3 Å². The van der Waals surface area contributed by atoms with Gasteiger partial charge in [0.15, 0.2) is 10.8 Å². The van der Waals surface area contributed by atoms with E-state index in [0.29, 0.717) is 66.3 Å². The molecule has 7 aromatic rings. The third-order valence-corrected chi connectivity index (χ3v) is 17.5. The number of hydrogen-bond acceptors (Lipinski definition) is 11. The zero-order valence-corrected chi connectivity index (χ0v) is 44.6. The number of hydrogen-bond donors (Lipinski definition) is 3. The summed E-state index contributed by atoms with van der Waals surface area (Å²) in [6.45, 7) is 14.6. The van der Waals surface area contributed by atoms with E-state index in [1.54, 1.807) is 0 Å². The highest BCUT2D eigenvalue weighted by Gasteiger charge is 2.35. The van der Waals surface area contributed by atoms with Gasteiger partial charge >= 0.3 is 5.97 Å². The number of fused-ring (bicyclic) bond motifs is 3. The van der Waals surface area contributed by atoms with E-state index >= 15 is 0 Å². The Morgan fingerprint density at radius 3 is 2.39 bits per heavy atom. The molecule has 15 heteroatoms. The van der Waals surface area contributed by atoms with E-state index < -0.39 is 17.3 Å². The molecule has 1 aliphatic carbocycles. The molecule has 3 aliphatic heterocycles. The van der Waals surface area contributed by atoms with Gasteiger partial charge in [0.05, 0.1) is 33.0 Å². The SMILES string of the molecule is Cc1c(-c2c(C(C)(C)C)cc(N3CCc4cccc(C(=O)Nc5nc6ccccc6s5)c4C3)nc2C(=O)O)cccc1C1CCC(CCCN2CCN(c3cccc4c(C5CCC(=O)NC5=O)nn(C)c34)CC2)CC1. The molecule has 0 bridgehead atoms. The second-order valence-electron chi connectivity index (χ2n) is 22.3. The first-order chi connectivity index (χ1) is 36.2. The van der Waals surface area contributed by atoms with E-state index in [9.17, 15) is 24.3 Å². The Hall–Kier alpha value is -6.97. The van der Waals surface area contributed by atoms with Crippen LogP contribution in [0.5, 0.6) is 0 Å². The molecule has 4 aliphatic rings. The van der Waals surface area contributed by atoms with E-state index in [4.69, 9.17) is 10.1 Å². The molecule has 3 amide bonds. The summed E-state index contributed by atoms with van der Waals surface area (Å²) in [5.41, 5.74) is 11.0. The van der Waals surface area contributed by atoms with Crippen molar-refractivity contribution in [1.82, 2.24) is 30.0 Å². The van der Waals surface area contributed by atoms with Crippen molar-refractivity contribution in [1.29, 1.82) is 0 Å². The highest BCUT2D eigenvalue weighted by atomic mass is 32.1. The van der Waals surface area contributed by atoms with Crippen molar-refractivity contribution < 1.29 is 24.3 Å². The minimum atomic E-state index is -1.05. The van der Waals surface area contributed by atoms with Gasteiger partial charge < -0.3 is 14.9 Å². The number of benzene rings is 4. The van der Waals surface area contributed by atoms with E-state index in [-0.39, 0.29) is 23.4 Å². The van der Waals surface area contributed by atoms with Gasteiger partial charge in [0, 0.05) is 69.3 Å². The number of carbonyl (C=O) groups excluding carboxylic acids is 3. The van der Waals surface area contributed by atoms with Crippen LogP contribution in [0.1, 0.15) is 138 Å². The maximum atomic E-state index is 13.9. The topological polar surface area (TPSA) is 166 Å². The third kappa shape index (κ3) is 10.0. The van der Waals surface area contributed by atoms with Crippen LogP contribution in [0.25, 0.3) is 32.2 Å². The first-order valence-electron chi connectivity index (χ1n) is 26.9. The molecule has 75 heavy (non-hydrogen) atoms. The molecule has 1 atom stereocenters. The quantitative estimate of drug-likeness (QED) is 0.0997. The number of rotatable bonds is 12. The number of nitrogens with zero attached hydrogens (tertiary/aromatic N) is 7. The summed E-state index contributed by atoms with van der Waals surface area (Å²) in [5, 5.41) is 22.9. The first-order valence-corrected chi connectivity index (χ1v) is 27.7. The van der Waals surface area contributed by atoms with Gasteiger partial charge in [-0.25, -0.2) is 14.8 Å². The fraction of sp³-hybridized carbons (Fsp3) is 0.417. The maximum Gasteiger partial charge on any atom is 0.355 e. The van der Waals surface area contributed by atoms with Crippen molar-refractivity contribution in [3.05, 3.63) is 130 Å². The standard InChI is InChI=1S/C60H67N9O5S/c1-36-40(39-23-21-37(22-24-39)12-11-28-67-30-32-68(33-31-67)48-19-10-17-43-53(65-66(5)55(43)48)44-25-26-51(70)63-57(44)72)14-9-15-41(36)52-46(60(2,3)4)34-50(62-54(52)58(73)74)69-29-27-38-13-8-16-42(45(38)35-69)56(71)64-59-61-47-18-6-7-20-49(47)75-59/h6-10,13-20,34,37,39,44H,11-12,21-33,35H2,1-5H3,(H,73,74)(H,61,64,71)(H,63,70,72). The number of aromatic nitrogens is 4. The van der Waals surface area contributed by atoms with Crippen LogP contribution in [0, 0.1) is 12.8 Å². The first kappa shape index (κ1) is 50.2. The van der Waals surface area contributed by atoms with Gasteiger partial charge in [-0.1, -0.05) is 86.7 Å². The number of piperazine rings is 1. The Bertz CT molecular complexity index is 3320. The van der Waals surface area contributed by atoms with Crippen molar-refractivity contribution in [2.45, 2.75) is 109 Å². The van der Waals surface area contributed by atoms with Gasteiger partial charge in [-0.15, -0.1) is 0 Å². The average Bonchev–Trinajstić information content (AvgIpc) is 3.98. The molecule has 388 valence electrons. The minimum absolute atomic E-state index is 0.0573. The van der Waals surface area contributed by atoms with Crippen LogP contribution in [-0.4, -0.2) is 92.7 Å². The molecule has 4 aromatic carbocycles. The van der Waals surface area contributed by atoms with Crippen molar-refractivity contribution in [3.8, 4) is 11.1 Å². The summed E-state index contributed by atoms with van der Waals surface area (Å²) >= 11 is 1.45. The fourth-order valence-corrected chi connectivity index (χ4v) is 13.4. The van der Waals surface area contributed by atoms with Crippen molar-refractivity contribution >= 4 is 72.8 Å². The molecule has 3 N–H and O–H groups in total. The molecular formula is C60H67N9O5S. The van der Waals surface area contributed by atoms with E-state index in [1.165, 1.54) is 42.6 Å². The van der Waals surface area contributed by atoms with Gasteiger partial charge in [0.25, 0.3) is 5.91 Å². The maximum absolute atomic E-state index is 13.9. The number of imide groups is 1. The van der Waals surface area contributed by atoms with Gasteiger partial charge in [-0.05, 0) is 146 Å². The normalized spacial score (nSPS) is 19.6. The molecule has 0 spiro atoms. The van der Waals surface area contributed by atoms with Crippen molar-refractivity contribution in [2.75, 3.05) is 54.4 Å². The Kier molecular flexibility index (Phi) is 13.8. The summed E-state index contributed by atoms with van der Waals surface area (Å²) in [4.78, 5) is 68.7. The lowest BCUT2D eigenvalue weighted by Crippen LogP contribution is -2.46. The second kappa shape index (κ2) is 20.6. The zero-order chi connectivity index (χ0) is 52.1. The Morgan fingerprint density at radius 2 is 1.63 bits per heavy atom. The number of carbonyl (C=O) groups is 4. The number of piperidine rings is 1. The smallest absolute Gasteiger partial charge is 0.355 e. The molecule has 3 fully saturated rings. The molecule has 0 radical (unpaired) electrons. The molecule has 6 heterocycles. The van der Waals surface area contributed by atoms with Gasteiger partial charge in [0.2, 0.25) is 11.8 Å². The Labute approximate surface area is 442 Å². The molecule has 11 rings (SSSR count). The van der Waals surface area contributed by atoms with Crippen LogP contribution in [0.3, 0.4) is 0 Å². The van der Waals surface area contributed by atoms with E-state index in [2.05, 4.69) is 100 Å². The van der Waals surface area contributed by atoms with Crippen molar-refractivity contribution in [3.63, 3.8) is 0 Å². The molecule has 1 saturated carbocycles. The highest BCUT2D eigenvalue weighted by Crippen LogP contribution is 2.45. The summed E-state index contributed by atoms with van der Waals surface area (Å²) < 4.78 is 2.91. The fourth-order valence-electron chi connectivity index (χ4n) is 12.5. The average molecular weight is 1030 g/mol. The van der Waals surface area contributed by atoms with E-state index in [1.807, 2.05) is 54.2 Å². The predicted octanol–water partition coefficient (Wildman–Crippen LogP) is 10.8. The molecule has 2 saturated heterocycles. The van der Waals surface area contributed by atoms with Gasteiger partial charge in [-0.3, -0.25) is 34.6 Å². The highest BCUT2D eigenvalue weighted by molar-refractivity contribution is 7.22. The van der Waals surface area contributed by atoms with Crippen LogP contribution in [0.2, 0.25) is 0 Å². The predicted molar refractivity (Wildman–Crippen MR) is 297 cm³/mol. The number of aromatic carboxylic acids is 1. The number of pyridine rings is 1. The summed E-state index contributed by atoms with van der Waals surface area (Å²) in [6.07, 6.45) is 8.51. The number of carboxylic acids is 1. The molecule has 1 unspecified atom stereocenters. The number of nitrogens with one attached hydrogen (secondary N) is 2. The van der Waals surface area contributed by atoms with E-state index in [0.717, 1.165) is 106 Å². The van der Waals surface area contributed by atoms with Crippen LogP contribution < -0.4 is 20.4 Å². The zero-order valence-electron chi connectivity index (χ0n) is 43.7. The number of thiazole rings is 1. The van der Waals surface area contributed by atoms with Crippen LogP contribution in [-0.2, 0) is 35.0 Å². The molecular weight excluding hydrogens is 959 g/mol. The van der Waals surface area contributed by atoms with Gasteiger partial charge in [-0.2, -0.15) is 5.10 Å². The number of anilines is 3. The summed E-state index contributed by atoms with van der Waals surface area (Å²) in [7, 11) is 1.95. The number of carboxylic acid groups (broad SMARTS) is 1. The summed E-state index contributed by atoms with van der Waals surface area (Å²) in [5.74, 6) is -0.458.